The lowest BCUT2D eigenvalue weighted by Gasteiger charge is -2.09. The van der Waals surface area contributed by atoms with Crippen molar-refractivity contribution in [3.8, 4) is 0 Å². The highest BCUT2D eigenvalue weighted by Crippen LogP contribution is 2.27. The van der Waals surface area contributed by atoms with E-state index in [1.807, 2.05) is 11.4 Å². The summed E-state index contributed by atoms with van der Waals surface area (Å²) in [6.45, 7) is 0. The van der Waals surface area contributed by atoms with Gasteiger partial charge in [0.2, 0.25) is 5.91 Å². The Balaban J connectivity index is 1.69. The van der Waals surface area contributed by atoms with Crippen LogP contribution in [-0.4, -0.2) is 34.7 Å². The SMILES string of the molecule is COC(=O)c1ccccc1NC(=O)CSc1ncnc2sccc12. The molecule has 122 valence electrons. The molecule has 8 heteroatoms. The number of hydrogen-bond acceptors (Lipinski definition) is 7. The second-order valence-electron chi connectivity index (χ2n) is 4.69. The predicted octanol–water partition coefficient (Wildman–Crippen LogP) is 3.21. The number of aromatic nitrogens is 2. The summed E-state index contributed by atoms with van der Waals surface area (Å²) in [4.78, 5) is 33.2. The summed E-state index contributed by atoms with van der Waals surface area (Å²) in [7, 11) is 1.30. The number of ether oxygens (including phenoxy) is 1. The third-order valence-corrected chi connectivity index (χ3v) is 5.00. The number of nitrogens with one attached hydrogen (secondary N) is 1. The summed E-state index contributed by atoms with van der Waals surface area (Å²) < 4.78 is 4.72. The Hall–Kier alpha value is -2.45. The molecule has 0 aliphatic carbocycles. The molecule has 0 saturated heterocycles. The smallest absolute Gasteiger partial charge is 0.339 e. The van der Waals surface area contributed by atoms with Gasteiger partial charge in [0, 0.05) is 5.39 Å². The van der Waals surface area contributed by atoms with Gasteiger partial charge in [-0.25, -0.2) is 14.8 Å². The number of carbonyl (C=O) groups excluding carboxylic acids is 2. The maximum absolute atomic E-state index is 12.2. The highest BCUT2D eigenvalue weighted by Gasteiger charge is 2.14. The van der Waals surface area contributed by atoms with Crippen LogP contribution in [0.5, 0.6) is 0 Å². The van der Waals surface area contributed by atoms with E-state index in [9.17, 15) is 9.59 Å². The van der Waals surface area contributed by atoms with Crippen molar-refractivity contribution in [3.63, 3.8) is 0 Å². The van der Waals surface area contributed by atoms with Crippen LogP contribution >= 0.6 is 23.1 Å². The molecule has 3 rings (SSSR count). The van der Waals surface area contributed by atoms with Crippen LogP contribution in [0.1, 0.15) is 10.4 Å². The summed E-state index contributed by atoms with van der Waals surface area (Å²) in [6.07, 6.45) is 1.49. The molecule has 1 aromatic carbocycles. The van der Waals surface area contributed by atoms with Crippen molar-refractivity contribution in [2.45, 2.75) is 5.03 Å². The summed E-state index contributed by atoms with van der Waals surface area (Å²) >= 11 is 2.86. The van der Waals surface area contributed by atoms with Crippen LogP contribution in [0.4, 0.5) is 5.69 Å². The fraction of sp³-hybridized carbons (Fsp3) is 0.125. The van der Waals surface area contributed by atoms with Crippen LogP contribution in [0.2, 0.25) is 0 Å². The number of anilines is 1. The summed E-state index contributed by atoms with van der Waals surface area (Å²) in [5.41, 5.74) is 0.749. The first-order valence-electron chi connectivity index (χ1n) is 6.97. The van der Waals surface area contributed by atoms with Gasteiger partial charge >= 0.3 is 5.97 Å². The highest BCUT2D eigenvalue weighted by molar-refractivity contribution is 8.00. The van der Waals surface area contributed by atoms with E-state index in [4.69, 9.17) is 4.74 Å². The van der Waals surface area contributed by atoms with Crippen molar-refractivity contribution >= 4 is 50.9 Å². The van der Waals surface area contributed by atoms with Gasteiger partial charge in [-0.3, -0.25) is 4.79 Å². The van der Waals surface area contributed by atoms with Crippen LogP contribution in [0.15, 0.2) is 47.1 Å². The van der Waals surface area contributed by atoms with Crippen LogP contribution in [0, 0.1) is 0 Å². The molecule has 24 heavy (non-hydrogen) atoms. The number of para-hydroxylation sites is 1. The number of esters is 1. The average Bonchev–Trinajstić information content (AvgIpc) is 3.09. The minimum atomic E-state index is -0.491. The molecule has 2 aromatic heterocycles. The summed E-state index contributed by atoms with van der Waals surface area (Å²) in [5.74, 6) is -0.537. The van der Waals surface area contributed by atoms with Crippen molar-refractivity contribution in [2.75, 3.05) is 18.2 Å². The summed E-state index contributed by atoms with van der Waals surface area (Å²) in [6, 6.07) is 8.66. The van der Waals surface area contributed by atoms with Gasteiger partial charge in [0.25, 0.3) is 0 Å². The van der Waals surface area contributed by atoms with Crippen molar-refractivity contribution < 1.29 is 14.3 Å². The Morgan fingerprint density at radius 3 is 2.92 bits per heavy atom. The number of benzene rings is 1. The summed E-state index contributed by atoms with van der Waals surface area (Å²) in [5, 5.41) is 6.38. The van der Waals surface area contributed by atoms with E-state index < -0.39 is 5.97 Å². The van der Waals surface area contributed by atoms with Gasteiger partial charge in [-0.2, -0.15) is 0 Å². The zero-order valence-corrected chi connectivity index (χ0v) is 14.3. The number of amides is 1. The topological polar surface area (TPSA) is 81.2 Å². The minimum Gasteiger partial charge on any atom is -0.465 e. The van der Waals surface area contributed by atoms with Crippen molar-refractivity contribution in [1.82, 2.24) is 9.97 Å². The molecule has 3 aromatic rings. The molecular formula is C16H13N3O3S2. The fourth-order valence-corrected chi connectivity index (χ4v) is 3.66. The number of methoxy groups -OCH3 is 1. The van der Waals surface area contributed by atoms with Crippen molar-refractivity contribution in [2.24, 2.45) is 0 Å². The molecule has 2 heterocycles. The van der Waals surface area contributed by atoms with E-state index in [-0.39, 0.29) is 11.7 Å². The zero-order chi connectivity index (χ0) is 16.9. The highest BCUT2D eigenvalue weighted by atomic mass is 32.2. The number of rotatable bonds is 5. The third-order valence-electron chi connectivity index (χ3n) is 3.17. The molecule has 0 aliphatic heterocycles. The van der Waals surface area contributed by atoms with Gasteiger partial charge in [0.1, 0.15) is 16.2 Å². The van der Waals surface area contributed by atoms with Crippen LogP contribution in [0.25, 0.3) is 10.2 Å². The predicted molar refractivity (Wildman–Crippen MR) is 94.6 cm³/mol. The lowest BCUT2D eigenvalue weighted by Crippen LogP contribution is -2.17. The fourth-order valence-electron chi connectivity index (χ4n) is 2.08. The minimum absolute atomic E-state index is 0.178. The molecular weight excluding hydrogens is 346 g/mol. The maximum Gasteiger partial charge on any atom is 0.339 e. The lowest BCUT2D eigenvalue weighted by molar-refractivity contribution is -0.113. The van der Waals surface area contributed by atoms with Crippen LogP contribution < -0.4 is 5.32 Å². The molecule has 0 spiro atoms. The van der Waals surface area contributed by atoms with E-state index >= 15 is 0 Å². The normalized spacial score (nSPS) is 10.5. The first-order valence-corrected chi connectivity index (χ1v) is 8.84. The first-order chi connectivity index (χ1) is 11.7. The quantitative estimate of drug-likeness (QED) is 0.428. The Kier molecular flexibility index (Phi) is 5.07. The Morgan fingerprint density at radius 1 is 1.25 bits per heavy atom. The van der Waals surface area contributed by atoms with E-state index in [1.54, 1.807) is 24.3 Å². The number of nitrogens with zero attached hydrogens (tertiary/aromatic N) is 2. The van der Waals surface area contributed by atoms with Crippen LogP contribution in [-0.2, 0) is 9.53 Å². The first kappa shape index (κ1) is 16.4. The Labute approximate surface area is 146 Å². The molecule has 1 amide bonds. The third kappa shape index (κ3) is 3.55. The van der Waals surface area contributed by atoms with E-state index in [2.05, 4.69) is 15.3 Å². The number of thiophene rings is 1. The molecule has 6 nitrogen and oxygen atoms in total. The molecule has 0 saturated carbocycles. The second-order valence-corrected chi connectivity index (χ2v) is 6.55. The zero-order valence-electron chi connectivity index (χ0n) is 12.7. The Morgan fingerprint density at radius 2 is 2.08 bits per heavy atom. The molecule has 0 unspecified atom stereocenters. The Bertz CT molecular complexity index is 895. The maximum atomic E-state index is 12.2. The van der Waals surface area contributed by atoms with Crippen molar-refractivity contribution in [3.05, 3.63) is 47.6 Å². The van der Waals surface area contributed by atoms with E-state index in [0.717, 1.165) is 15.2 Å². The molecule has 0 fully saturated rings. The standard InChI is InChI=1S/C16H13N3O3S2/c1-22-16(21)10-4-2-3-5-12(10)19-13(20)8-24-15-11-6-7-23-14(11)17-9-18-15/h2-7,9H,8H2,1H3,(H,19,20). The number of carbonyl (C=O) groups is 2. The molecule has 0 radical (unpaired) electrons. The van der Waals surface area contributed by atoms with Gasteiger partial charge < -0.3 is 10.1 Å². The lowest BCUT2D eigenvalue weighted by atomic mass is 10.2. The van der Waals surface area contributed by atoms with Gasteiger partial charge in [0.05, 0.1) is 24.1 Å². The molecule has 0 bridgehead atoms. The monoisotopic (exact) mass is 359 g/mol. The van der Waals surface area contributed by atoms with Crippen molar-refractivity contribution in [1.29, 1.82) is 0 Å². The molecule has 0 atom stereocenters. The largest absolute Gasteiger partial charge is 0.465 e. The van der Waals surface area contributed by atoms with Gasteiger partial charge in [-0.1, -0.05) is 23.9 Å². The van der Waals surface area contributed by atoms with Crippen LogP contribution in [0.3, 0.4) is 0 Å². The van der Waals surface area contributed by atoms with Gasteiger partial charge in [0.15, 0.2) is 0 Å². The number of thioether (sulfide) groups is 1. The second kappa shape index (κ2) is 7.41. The van der Waals surface area contributed by atoms with Gasteiger partial charge in [-0.15, -0.1) is 11.3 Å². The van der Waals surface area contributed by atoms with E-state index in [1.165, 1.54) is 36.5 Å². The number of hydrogen-bond donors (Lipinski definition) is 1. The molecule has 1 N–H and O–H groups in total. The molecule has 0 aliphatic rings. The average molecular weight is 359 g/mol. The number of fused-ring (bicyclic) bond motifs is 1. The van der Waals surface area contributed by atoms with Gasteiger partial charge in [-0.05, 0) is 23.6 Å². The van der Waals surface area contributed by atoms with E-state index in [0.29, 0.717) is 11.3 Å².